The fourth-order valence-electron chi connectivity index (χ4n) is 3.31. The first kappa shape index (κ1) is 14.0. The molecule has 0 aliphatic heterocycles. The fourth-order valence-corrected chi connectivity index (χ4v) is 3.31. The van der Waals surface area contributed by atoms with Gasteiger partial charge in [0.15, 0.2) is 0 Å². The van der Waals surface area contributed by atoms with Gasteiger partial charge in [0.25, 0.3) is 0 Å². The quantitative estimate of drug-likeness (QED) is 0.733. The normalized spacial score (nSPS) is 31.7. The average molecular weight is 226 g/mol. The van der Waals surface area contributed by atoms with Crippen LogP contribution in [0.5, 0.6) is 0 Å². The van der Waals surface area contributed by atoms with E-state index in [0.717, 1.165) is 12.3 Å². The van der Waals surface area contributed by atoms with Crippen molar-refractivity contribution >= 4 is 0 Å². The van der Waals surface area contributed by atoms with Crippen LogP contribution in [0.1, 0.15) is 78.1 Å². The van der Waals surface area contributed by atoms with Gasteiger partial charge in [-0.2, -0.15) is 0 Å². The summed E-state index contributed by atoms with van der Waals surface area (Å²) in [5, 5.41) is 9.90. The van der Waals surface area contributed by atoms with E-state index in [1.807, 2.05) is 13.8 Å². The average Bonchev–Trinajstić information content (AvgIpc) is 2.36. The molecule has 0 heterocycles. The van der Waals surface area contributed by atoms with Crippen LogP contribution in [-0.4, -0.2) is 11.2 Å². The van der Waals surface area contributed by atoms with E-state index in [0.29, 0.717) is 5.92 Å². The summed E-state index contributed by atoms with van der Waals surface area (Å²) < 4.78 is 0. The molecule has 0 bridgehead atoms. The van der Waals surface area contributed by atoms with E-state index in [9.17, 15) is 5.11 Å². The van der Waals surface area contributed by atoms with Crippen molar-refractivity contribution in [1.29, 1.82) is 0 Å². The van der Waals surface area contributed by atoms with Crippen molar-refractivity contribution in [3.05, 3.63) is 0 Å². The molecule has 0 saturated heterocycles. The van der Waals surface area contributed by atoms with E-state index < -0.39 is 0 Å². The Bertz CT molecular complexity index is 161. The Morgan fingerprint density at radius 2 is 1.38 bits per heavy atom. The maximum atomic E-state index is 9.90. The third-order valence-electron chi connectivity index (χ3n) is 4.23. The highest BCUT2D eigenvalue weighted by Crippen LogP contribution is 2.35. The SMILES string of the molecule is CC.OC1CCCCC1CC1CCCCC1. The standard InChI is InChI=1S/C13H24O.C2H6/c14-13-9-5-4-8-12(13)10-11-6-2-1-3-7-11;1-2/h11-14H,1-10H2;1-2H3. The van der Waals surface area contributed by atoms with Crippen LogP contribution >= 0.6 is 0 Å². The van der Waals surface area contributed by atoms with E-state index in [1.165, 1.54) is 57.8 Å². The summed E-state index contributed by atoms with van der Waals surface area (Å²) in [6, 6.07) is 0. The molecule has 0 aromatic heterocycles. The zero-order chi connectivity index (χ0) is 11.8. The lowest BCUT2D eigenvalue weighted by Crippen LogP contribution is -2.27. The summed E-state index contributed by atoms with van der Waals surface area (Å²) in [5.41, 5.74) is 0. The third kappa shape index (κ3) is 4.45. The minimum Gasteiger partial charge on any atom is -0.393 e. The van der Waals surface area contributed by atoms with Crippen LogP contribution in [0.2, 0.25) is 0 Å². The molecule has 1 N–H and O–H groups in total. The summed E-state index contributed by atoms with van der Waals surface area (Å²) in [4.78, 5) is 0. The van der Waals surface area contributed by atoms with Crippen molar-refractivity contribution in [2.45, 2.75) is 84.2 Å². The van der Waals surface area contributed by atoms with Crippen molar-refractivity contribution in [1.82, 2.24) is 0 Å². The Morgan fingerprint density at radius 1 is 0.812 bits per heavy atom. The van der Waals surface area contributed by atoms with Crippen molar-refractivity contribution in [2.24, 2.45) is 11.8 Å². The molecular formula is C15H30O. The first-order valence-corrected chi connectivity index (χ1v) is 7.54. The van der Waals surface area contributed by atoms with Crippen LogP contribution in [0, 0.1) is 11.8 Å². The second-order valence-corrected chi connectivity index (χ2v) is 5.35. The van der Waals surface area contributed by atoms with Crippen molar-refractivity contribution in [3.63, 3.8) is 0 Å². The Labute approximate surface area is 102 Å². The molecular weight excluding hydrogens is 196 g/mol. The lowest BCUT2D eigenvalue weighted by atomic mass is 9.76. The van der Waals surface area contributed by atoms with Gasteiger partial charge < -0.3 is 5.11 Å². The maximum absolute atomic E-state index is 9.90. The highest BCUT2D eigenvalue weighted by atomic mass is 16.3. The number of aliphatic hydroxyl groups is 1. The molecule has 0 radical (unpaired) electrons. The number of hydrogen-bond donors (Lipinski definition) is 1. The molecule has 0 aromatic carbocycles. The smallest absolute Gasteiger partial charge is 0.0568 e. The zero-order valence-electron chi connectivity index (χ0n) is 11.3. The Balaban J connectivity index is 0.000000606. The molecule has 2 saturated carbocycles. The summed E-state index contributed by atoms with van der Waals surface area (Å²) >= 11 is 0. The van der Waals surface area contributed by atoms with E-state index in [-0.39, 0.29) is 6.10 Å². The van der Waals surface area contributed by atoms with Gasteiger partial charge in [0.2, 0.25) is 0 Å². The predicted molar refractivity (Wildman–Crippen MR) is 70.5 cm³/mol. The van der Waals surface area contributed by atoms with Crippen LogP contribution in [0.3, 0.4) is 0 Å². The molecule has 2 aliphatic rings. The van der Waals surface area contributed by atoms with Crippen molar-refractivity contribution in [3.8, 4) is 0 Å². The largest absolute Gasteiger partial charge is 0.393 e. The van der Waals surface area contributed by atoms with Gasteiger partial charge >= 0.3 is 0 Å². The molecule has 2 rings (SSSR count). The molecule has 0 amide bonds. The molecule has 1 heteroatoms. The Morgan fingerprint density at radius 3 is 2.00 bits per heavy atom. The minimum atomic E-state index is 0.0330. The van der Waals surface area contributed by atoms with Crippen LogP contribution in [0.15, 0.2) is 0 Å². The predicted octanol–water partition coefficient (Wildman–Crippen LogP) is 4.53. The monoisotopic (exact) mass is 226 g/mol. The van der Waals surface area contributed by atoms with Gasteiger partial charge in [-0.15, -0.1) is 0 Å². The van der Waals surface area contributed by atoms with Gasteiger partial charge in [0.1, 0.15) is 0 Å². The molecule has 16 heavy (non-hydrogen) atoms. The topological polar surface area (TPSA) is 20.2 Å². The molecule has 0 spiro atoms. The van der Waals surface area contributed by atoms with Gasteiger partial charge in [-0.25, -0.2) is 0 Å². The lowest BCUT2D eigenvalue weighted by molar-refractivity contribution is 0.0522. The van der Waals surface area contributed by atoms with Crippen LogP contribution in [0.25, 0.3) is 0 Å². The summed E-state index contributed by atoms with van der Waals surface area (Å²) in [5.74, 6) is 1.59. The molecule has 2 atom stereocenters. The Kier molecular flexibility index (Phi) is 7.11. The molecule has 0 aromatic rings. The van der Waals surface area contributed by atoms with Crippen LogP contribution < -0.4 is 0 Å². The Hall–Kier alpha value is -0.0400. The van der Waals surface area contributed by atoms with Gasteiger partial charge in [-0.05, 0) is 31.1 Å². The van der Waals surface area contributed by atoms with Gasteiger partial charge in [-0.3, -0.25) is 0 Å². The van der Waals surface area contributed by atoms with Crippen LogP contribution in [-0.2, 0) is 0 Å². The number of rotatable bonds is 2. The third-order valence-corrected chi connectivity index (χ3v) is 4.23. The maximum Gasteiger partial charge on any atom is 0.0568 e. The second kappa shape index (κ2) is 8.11. The van der Waals surface area contributed by atoms with E-state index in [2.05, 4.69) is 0 Å². The van der Waals surface area contributed by atoms with Crippen LogP contribution in [0.4, 0.5) is 0 Å². The van der Waals surface area contributed by atoms with Gasteiger partial charge in [0, 0.05) is 0 Å². The van der Waals surface area contributed by atoms with E-state index in [4.69, 9.17) is 0 Å². The minimum absolute atomic E-state index is 0.0330. The fraction of sp³-hybridized carbons (Fsp3) is 1.00. The molecule has 2 aliphatic carbocycles. The molecule has 96 valence electrons. The van der Waals surface area contributed by atoms with Crippen molar-refractivity contribution in [2.75, 3.05) is 0 Å². The highest BCUT2D eigenvalue weighted by molar-refractivity contribution is 4.78. The lowest BCUT2D eigenvalue weighted by Gasteiger charge is -2.32. The first-order valence-electron chi connectivity index (χ1n) is 7.54. The summed E-state index contributed by atoms with van der Waals surface area (Å²) in [6.07, 6.45) is 13.5. The van der Waals surface area contributed by atoms with Gasteiger partial charge in [0.05, 0.1) is 6.10 Å². The summed E-state index contributed by atoms with van der Waals surface area (Å²) in [7, 11) is 0. The van der Waals surface area contributed by atoms with Gasteiger partial charge in [-0.1, -0.05) is 58.8 Å². The number of hydrogen-bond acceptors (Lipinski definition) is 1. The second-order valence-electron chi connectivity index (χ2n) is 5.35. The molecule has 2 fully saturated rings. The summed E-state index contributed by atoms with van der Waals surface area (Å²) in [6.45, 7) is 4.00. The highest BCUT2D eigenvalue weighted by Gasteiger charge is 2.26. The molecule has 2 unspecified atom stereocenters. The number of aliphatic hydroxyl groups excluding tert-OH is 1. The van der Waals surface area contributed by atoms with Crippen molar-refractivity contribution < 1.29 is 5.11 Å². The molecule has 1 nitrogen and oxygen atoms in total. The zero-order valence-corrected chi connectivity index (χ0v) is 11.3. The van der Waals surface area contributed by atoms with E-state index in [1.54, 1.807) is 0 Å². The van der Waals surface area contributed by atoms with E-state index >= 15 is 0 Å². The first-order chi connectivity index (χ1) is 7.86.